The average molecular weight is 284 g/mol. The number of aryl methyl sites for hydroxylation is 1. The minimum atomic E-state index is -0.549. The van der Waals surface area contributed by atoms with E-state index in [-0.39, 0.29) is 18.1 Å². The Hall–Kier alpha value is -2.62. The van der Waals surface area contributed by atoms with Crippen molar-refractivity contribution >= 4 is 11.8 Å². The van der Waals surface area contributed by atoms with Gasteiger partial charge in [0.1, 0.15) is 11.5 Å². The molecule has 2 aromatic carbocycles. The molecule has 0 aliphatic carbocycles. The summed E-state index contributed by atoms with van der Waals surface area (Å²) >= 11 is 0. The normalized spacial score (nSPS) is 10.0. The summed E-state index contributed by atoms with van der Waals surface area (Å²) in [5.74, 6) is 0.183. The second-order valence-electron chi connectivity index (χ2n) is 4.58. The van der Waals surface area contributed by atoms with Crippen LogP contribution in [0.5, 0.6) is 11.5 Å². The summed E-state index contributed by atoms with van der Waals surface area (Å²) in [6, 6.07) is 14.0. The molecular weight excluding hydrogens is 268 g/mol. The van der Waals surface area contributed by atoms with Gasteiger partial charge in [-0.25, -0.2) is 4.79 Å². The van der Waals surface area contributed by atoms with E-state index >= 15 is 0 Å². The number of para-hydroxylation sites is 2. The molecular formula is C17H16O4. The van der Waals surface area contributed by atoms with Crippen LogP contribution in [0.2, 0.25) is 0 Å². The van der Waals surface area contributed by atoms with Gasteiger partial charge in [0.05, 0.1) is 5.56 Å². The van der Waals surface area contributed by atoms with Gasteiger partial charge in [-0.1, -0.05) is 30.3 Å². The van der Waals surface area contributed by atoms with Gasteiger partial charge in [0, 0.05) is 0 Å². The molecule has 4 nitrogen and oxygen atoms in total. The van der Waals surface area contributed by atoms with Crippen LogP contribution in [0.25, 0.3) is 0 Å². The van der Waals surface area contributed by atoms with Gasteiger partial charge < -0.3 is 9.47 Å². The van der Waals surface area contributed by atoms with Gasteiger partial charge in [-0.2, -0.15) is 0 Å². The predicted molar refractivity (Wildman–Crippen MR) is 78.8 cm³/mol. The number of hydrogen-bond donors (Lipinski definition) is 0. The summed E-state index contributed by atoms with van der Waals surface area (Å²) in [6.45, 7) is 3.11. The van der Waals surface area contributed by atoms with Gasteiger partial charge in [-0.15, -0.1) is 0 Å². The third-order valence-corrected chi connectivity index (χ3v) is 2.93. The van der Waals surface area contributed by atoms with Crippen LogP contribution in [0.15, 0.2) is 48.5 Å². The Morgan fingerprint density at radius 1 is 0.952 bits per heavy atom. The van der Waals surface area contributed by atoms with Crippen molar-refractivity contribution in [2.45, 2.75) is 13.8 Å². The van der Waals surface area contributed by atoms with Gasteiger partial charge in [0.15, 0.2) is 12.4 Å². The molecule has 0 spiro atoms. The van der Waals surface area contributed by atoms with Crippen molar-refractivity contribution in [2.24, 2.45) is 0 Å². The monoisotopic (exact) mass is 284 g/mol. The fourth-order valence-corrected chi connectivity index (χ4v) is 1.85. The number of Topliss-reactive ketones (excluding diaryl/α,β-unsaturated/α-hetero) is 1. The van der Waals surface area contributed by atoms with Crippen LogP contribution in [0, 0.1) is 6.92 Å². The van der Waals surface area contributed by atoms with Crippen LogP contribution >= 0.6 is 0 Å². The summed E-state index contributed by atoms with van der Waals surface area (Å²) < 4.78 is 10.6. The molecule has 0 fully saturated rings. The zero-order valence-corrected chi connectivity index (χ0v) is 12.0. The van der Waals surface area contributed by atoms with E-state index in [1.807, 2.05) is 25.1 Å². The van der Waals surface area contributed by atoms with E-state index in [1.165, 1.54) is 6.92 Å². The highest BCUT2D eigenvalue weighted by Crippen LogP contribution is 2.19. The van der Waals surface area contributed by atoms with E-state index in [1.54, 1.807) is 30.3 Å². The number of benzene rings is 2. The van der Waals surface area contributed by atoms with Crippen molar-refractivity contribution in [3.63, 3.8) is 0 Å². The number of carbonyl (C=O) groups is 2. The molecule has 0 amide bonds. The Bertz CT molecular complexity index is 661. The summed E-state index contributed by atoms with van der Waals surface area (Å²) in [5.41, 5.74) is 1.32. The minimum absolute atomic E-state index is 0.154. The summed E-state index contributed by atoms with van der Waals surface area (Å²) in [4.78, 5) is 23.3. The average Bonchev–Trinajstić information content (AvgIpc) is 2.47. The maximum atomic E-state index is 11.8. The molecule has 4 heteroatoms. The molecule has 21 heavy (non-hydrogen) atoms. The molecule has 2 rings (SSSR count). The van der Waals surface area contributed by atoms with Crippen molar-refractivity contribution in [2.75, 3.05) is 6.61 Å². The summed E-state index contributed by atoms with van der Waals surface area (Å²) in [7, 11) is 0. The maximum absolute atomic E-state index is 11.8. The van der Waals surface area contributed by atoms with Crippen LogP contribution in [-0.2, 0) is 4.79 Å². The van der Waals surface area contributed by atoms with Crippen LogP contribution in [0.3, 0.4) is 0 Å². The maximum Gasteiger partial charge on any atom is 0.349 e. The van der Waals surface area contributed by atoms with E-state index in [9.17, 15) is 9.59 Å². The third-order valence-electron chi connectivity index (χ3n) is 2.93. The molecule has 0 aromatic heterocycles. The second kappa shape index (κ2) is 6.70. The first kappa shape index (κ1) is 14.8. The summed E-state index contributed by atoms with van der Waals surface area (Å²) in [6.07, 6.45) is 0. The molecule has 0 aliphatic rings. The van der Waals surface area contributed by atoms with Crippen LogP contribution in [0.1, 0.15) is 22.8 Å². The van der Waals surface area contributed by atoms with Crippen LogP contribution in [0.4, 0.5) is 0 Å². The largest absolute Gasteiger partial charge is 0.482 e. The lowest BCUT2D eigenvalue weighted by Gasteiger charge is -2.10. The van der Waals surface area contributed by atoms with Gasteiger partial charge in [-0.05, 0) is 37.6 Å². The highest BCUT2D eigenvalue weighted by atomic mass is 16.6. The van der Waals surface area contributed by atoms with Crippen molar-refractivity contribution in [3.05, 3.63) is 59.7 Å². The molecule has 0 unspecified atom stereocenters. The molecule has 0 bridgehead atoms. The van der Waals surface area contributed by atoms with E-state index in [2.05, 4.69) is 0 Å². The lowest BCUT2D eigenvalue weighted by molar-refractivity contribution is -0.136. The topological polar surface area (TPSA) is 52.6 Å². The highest BCUT2D eigenvalue weighted by Gasteiger charge is 2.12. The van der Waals surface area contributed by atoms with Crippen molar-refractivity contribution in [1.29, 1.82) is 0 Å². The van der Waals surface area contributed by atoms with Crippen molar-refractivity contribution in [3.8, 4) is 11.5 Å². The van der Waals surface area contributed by atoms with E-state index < -0.39 is 5.97 Å². The fraction of sp³-hybridized carbons (Fsp3) is 0.176. The number of hydrogen-bond acceptors (Lipinski definition) is 4. The fourth-order valence-electron chi connectivity index (χ4n) is 1.85. The molecule has 2 aromatic rings. The molecule has 0 saturated heterocycles. The standard InChI is InChI=1S/C17H16O4/c1-12-7-3-5-9-15(12)20-11-17(19)21-16-10-6-4-8-14(16)13(2)18/h3-10H,11H2,1-2H3. The molecule has 0 saturated carbocycles. The number of ether oxygens (including phenoxy) is 2. The molecule has 0 N–H and O–H groups in total. The van der Waals surface area contributed by atoms with Crippen molar-refractivity contribution in [1.82, 2.24) is 0 Å². The van der Waals surface area contributed by atoms with Crippen LogP contribution in [-0.4, -0.2) is 18.4 Å². The first-order chi connectivity index (χ1) is 10.1. The second-order valence-corrected chi connectivity index (χ2v) is 4.58. The third kappa shape index (κ3) is 3.92. The number of ketones is 1. The van der Waals surface area contributed by atoms with E-state index in [0.717, 1.165) is 5.56 Å². The zero-order valence-electron chi connectivity index (χ0n) is 12.0. The minimum Gasteiger partial charge on any atom is -0.482 e. The highest BCUT2D eigenvalue weighted by molar-refractivity contribution is 5.97. The van der Waals surface area contributed by atoms with Gasteiger partial charge in [0.2, 0.25) is 0 Å². The Morgan fingerprint density at radius 2 is 1.57 bits per heavy atom. The Kier molecular flexibility index (Phi) is 4.72. The molecule has 0 heterocycles. The van der Waals surface area contributed by atoms with E-state index in [0.29, 0.717) is 11.3 Å². The quantitative estimate of drug-likeness (QED) is 0.481. The lowest BCUT2D eigenvalue weighted by atomic mass is 10.1. The SMILES string of the molecule is CC(=O)c1ccccc1OC(=O)COc1ccccc1C. The number of esters is 1. The summed E-state index contributed by atoms with van der Waals surface area (Å²) in [5, 5.41) is 0. The Balaban J connectivity index is 2.00. The predicted octanol–water partition coefficient (Wildman–Crippen LogP) is 3.18. The van der Waals surface area contributed by atoms with Gasteiger partial charge in [-0.3, -0.25) is 4.79 Å². The lowest BCUT2D eigenvalue weighted by Crippen LogP contribution is -2.19. The smallest absolute Gasteiger partial charge is 0.349 e. The molecule has 108 valence electrons. The number of carbonyl (C=O) groups excluding carboxylic acids is 2. The molecule has 0 atom stereocenters. The van der Waals surface area contributed by atoms with Crippen molar-refractivity contribution < 1.29 is 19.1 Å². The first-order valence-corrected chi connectivity index (χ1v) is 6.57. The Labute approximate surface area is 123 Å². The van der Waals surface area contributed by atoms with Crippen LogP contribution < -0.4 is 9.47 Å². The number of rotatable bonds is 5. The van der Waals surface area contributed by atoms with Gasteiger partial charge >= 0.3 is 5.97 Å². The zero-order chi connectivity index (χ0) is 15.2. The van der Waals surface area contributed by atoms with Gasteiger partial charge in [0.25, 0.3) is 0 Å². The molecule has 0 aliphatic heterocycles. The molecule has 0 radical (unpaired) electrons. The first-order valence-electron chi connectivity index (χ1n) is 6.57. The Morgan fingerprint density at radius 3 is 2.24 bits per heavy atom. The van der Waals surface area contributed by atoms with E-state index in [4.69, 9.17) is 9.47 Å².